The average Bonchev–Trinajstić information content (AvgIpc) is 3.09. The molecule has 0 saturated carbocycles. The second-order valence-corrected chi connectivity index (χ2v) is 6.55. The minimum Gasteiger partial charge on any atom is -0.425 e. The van der Waals surface area contributed by atoms with E-state index in [1.54, 1.807) is 12.1 Å². The Morgan fingerprint density at radius 3 is 2.67 bits per heavy atom. The van der Waals surface area contributed by atoms with E-state index in [2.05, 4.69) is 10.3 Å². The minimum absolute atomic E-state index is 0. The Hall–Kier alpha value is -2.56. The number of para-hydroxylation sites is 1. The first kappa shape index (κ1) is 22.5. The fourth-order valence-electron chi connectivity index (χ4n) is 1.98. The van der Waals surface area contributed by atoms with Crippen LogP contribution in [0.1, 0.15) is 30.6 Å². The van der Waals surface area contributed by atoms with Gasteiger partial charge >= 0.3 is 11.0 Å². The number of nitrogens with two attached hydrogens (primary N) is 1. The van der Waals surface area contributed by atoms with Crippen LogP contribution in [0.3, 0.4) is 0 Å². The summed E-state index contributed by atoms with van der Waals surface area (Å²) in [5.41, 5.74) is 5.95. The first-order valence-corrected chi connectivity index (χ1v) is 8.63. The largest absolute Gasteiger partial charge is 0.425 e. The summed E-state index contributed by atoms with van der Waals surface area (Å²) in [5.74, 6) is -1.25. The third-order valence-corrected chi connectivity index (χ3v) is 4.63. The van der Waals surface area contributed by atoms with Gasteiger partial charge in [0.05, 0.1) is 10.5 Å². The second-order valence-electron chi connectivity index (χ2n) is 5.54. The predicted molar refractivity (Wildman–Crippen MR) is 103 cm³/mol. The molecule has 9 nitrogen and oxygen atoms in total. The highest BCUT2D eigenvalue weighted by atomic mass is 35.5. The number of halogens is 1. The smallest absolute Gasteiger partial charge is 0.345 e. The van der Waals surface area contributed by atoms with Crippen LogP contribution >= 0.6 is 23.7 Å². The molecule has 1 heterocycles. The molecule has 0 aliphatic heterocycles. The molecule has 2 atom stereocenters. The van der Waals surface area contributed by atoms with E-state index >= 15 is 0 Å². The van der Waals surface area contributed by atoms with Crippen LogP contribution in [0, 0.1) is 16.0 Å². The van der Waals surface area contributed by atoms with Gasteiger partial charge < -0.3 is 10.5 Å². The Bertz CT molecular complexity index is 829. The standard InChI is InChI=1S/C16H18N4O5S.ClH/c1-3-9(2)13(17)15(22)25-11-7-5-4-6-10(11)14(21)19-16-18-8-12(26-16)20(23)24;/h4-9,13H,3,17H2,1-2H3,(H,18,19,21);1H/t9-,13-;/m0./s1. The molecular formula is C16H19ClN4O5S. The van der Waals surface area contributed by atoms with E-state index in [9.17, 15) is 19.7 Å². The minimum atomic E-state index is -0.808. The van der Waals surface area contributed by atoms with E-state index in [1.165, 1.54) is 12.1 Å². The predicted octanol–water partition coefficient (Wildman–Crippen LogP) is 3.00. The van der Waals surface area contributed by atoms with Gasteiger partial charge in [-0.3, -0.25) is 20.2 Å². The van der Waals surface area contributed by atoms with Crippen LogP contribution < -0.4 is 15.8 Å². The zero-order valence-corrected chi connectivity index (χ0v) is 16.2. The number of carbonyl (C=O) groups excluding carboxylic acids is 2. The summed E-state index contributed by atoms with van der Waals surface area (Å²) in [5, 5.41) is 13.0. The third-order valence-electron chi connectivity index (χ3n) is 3.77. The summed E-state index contributed by atoms with van der Waals surface area (Å²) in [6.07, 6.45) is 1.76. The molecule has 0 radical (unpaired) electrons. The number of hydrogen-bond donors (Lipinski definition) is 2. The van der Waals surface area contributed by atoms with Crippen LogP contribution in [0.5, 0.6) is 5.75 Å². The van der Waals surface area contributed by atoms with Gasteiger partial charge in [-0.2, -0.15) is 0 Å². The summed E-state index contributed by atoms with van der Waals surface area (Å²) >= 11 is 0.726. The van der Waals surface area contributed by atoms with Crippen molar-refractivity contribution in [2.45, 2.75) is 26.3 Å². The van der Waals surface area contributed by atoms with Crippen molar-refractivity contribution in [3.63, 3.8) is 0 Å². The van der Waals surface area contributed by atoms with E-state index in [-0.39, 0.29) is 39.8 Å². The number of amides is 1. The molecule has 0 spiro atoms. The van der Waals surface area contributed by atoms with Crippen LogP contribution in [0.4, 0.5) is 10.1 Å². The Kier molecular flexibility index (Phi) is 8.29. The lowest BCUT2D eigenvalue weighted by molar-refractivity contribution is -0.380. The van der Waals surface area contributed by atoms with Gasteiger partial charge in [-0.1, -0.05) is 32.4 Å². The van der Waals surface area contributed by atoms with Gasteiger partial charge in [-0.05, 0) is 29.4 Å². The van der Waals surface area contributed by atoms with Crippen molar-refractivity contribution in [2.24, 2.45) is 11.7 Å². The lowest BCUT2D eigenvalue weighted by Gasteiger charge is -2.17. The highest BCUT2D eigenvalue weighted by Gasteiger charge is 2.24. The first-order chi connectivity index (χ1) is 12.3. The maximum Gasteiger partial charge on any atom is 0.345 e. The molecule has 1 amide bonds. The van der Waals surface area contributed by atoms with Crippen LogP contribution in [-0.4, -0.2) is 27.8 Å². The van der Waals surface area contributed by atoms with Gasteiger partial charge in [0, 0.05) is 0 Å². The number of ether oxygens (including phenoxy) is 1. The normalized spacial score (nSPS) is 12.4. The van der Waals surface area contributed by atoms with Gasteiger partial charge in [-0.15, -0.1) is 12.4 Å². The first-order valence-electron chi connectivity index (χ1n) is 7.81. The van der Waals surface area contributed by atoms with E-state index < -0.39 is 22.8 Å². The molecule has 1 aromatic carbocycles. The molecular weight excluding hydrogens is 396 g/mol. The van der Waals surface area contributed by atoms with Gasteiger partial charge in [0.2, 0.25) is 0 Å². The molecule has 0 fully saturated rings. The lowest BCUT2D eigenvalue weighted by atomic mass is 10.0. The zero-order valence-electron chi connectivity index (χ0n) is 14.6. The summed E-state index contributed by atoms with van der Waals surface area (Å²) < 4.78 is 5.28. The number of benzene rings is 1. The Balaban J connectivity index is 0.00000364. The quantitative estimate of drug-likeness (QED) is 0.307. The number of nitro groups is 1. The van der Waals surface area contributed by atoms with Gasteiger partial charge in [-0.25, -0.2) is 9.78 Å². The number of thiazole rings is 1. The van der Waals surface area contributed by atoms with E-state index in [0.29, 0.717) is 6.42 Å². The van der Waals surface area contributed by atoms with Crippen LogP contribution in [0.2, 0.25) is 0 Å². The topological polar surface area (TPSA) is 137 Å². The highest BCUT2D eigenvalue weighted by molar-refractivity contribution is 7.18. The van der Waals surface area contributed by atoms with Gasteiger partial charge in [0.1, 0.15) is 18.0 Å². The summed E-state index contributed by atoms with van der Waals surface area (Å²) in [6, 6.07) is 5.35. The van der Waals surface area contributed by atoms with Crippen molar-refractivity contribution < 1.29 is 19.2 Å². The van der Waals surface area contributed by atoms with Gasteiger partial charge in [0.15, 0.2) is 5.13 Å². The maximum atomic E-state index is 12.4. The molecule has 2 rings (SSSR count). The second kappa shape index (κ2) is 9.95. The van der Waals surface area contributed by atoms with Crippen molar-refractivity contribution in [1.29, 1.82) is 0 Å². The van der Waals surface area contributed by atoms with E-state index in [4.69, 9.17) is 10.5 Å². The van der Waals surface area contributed by atoms with Gasteiger partial charge in [0.25, 0.3) is 5.91 Å². The number of aromatic nitrogens is 1. The molecule has 11 heteroatoms. The molecule has 3 N–H and O–H groups in total. The Morgan fingerprint density at radius 1 is 1.41 bits per heavy atom. The molecule has 146 valence electrons. The molecule has 0 unspecified atom stereocenters. The molecule has 0 aliphatic rings. The summed E-state index contributed by atoms with van der Waals surface area (Å²) in [4.78, 5) is 38.4. The molecule has 0 saturated heterocycles. The lowest BCUT2D eigenvalue weighted by Crippen LogP contribution is -2.39. The Labute approximate surface area is 165 Å². The molecule has 0 bridgehead atoms. The summed E-state index contributed by atoms with van der Waals surface area (Å²) in [6.45, 7) is 3.74. The number of nitrogens with zero attached hydrogens (tertiary/aromatic N) is 2. The van der Waals surface area contributed by atoms with Crippen molar-refractivity contribution in [3.05, 3.63) is 46.1 Å². The fraction of sp³-hybridized carbons (Fsp3) is 0.312. The van der Waals surface area contributed by atoms with Crippen LogP contribution in [0.15, 0.2) is 30.5 Å². The number of nitrogens with one attached hydrogen (secondary N) is 1. The van der Waals surface area contributed by atoms with E-state index in [0.717, 1.165) is 17.5 Å². The van der Waals surface area contributed by atoms with Crippen LogP contribution in [0.25, 0.3) is 0 Å². The van der Waals surface area contributed by atoms with Crippen molar-refractivity contribution in [3.8, 4) is 5.75 Å². The number of esters is 1. The van der Waals surface area contributed by atoms with Crippen molar-refractivity contribution in [1.82, 2.24) is 4.98 Å². The van der Waals surface area contributed by atoms with Crippen molar-refractivity contribution >= 4 is 45.8 Å². The molecule has 2 aromatic rings. The third kappa shape index (κ3) is 5.71. The monoisotopic (exact) mass is 414 g/mol. The average molecular weight is 415 g/mol. The fourth-order valence-corrected chi connectivity index (χ4v) is 2.61. The number of anilines is 1. The zero-order chi connectivity index (χ0) is 19.3. The van der Waals surface area contributed by atoms with E-state index in [1.807, 2.05) is 13.8 Å². The number of hydrogen-bond acceptors (Lipinski definition) is 8. The highest BCUT2D eigenvalue weighted by Crippen LogP contribution is 2.27. The number of carbonyl (C=O) groups is 2. The SMILES string of the molecule is CC[C@H](C)[C@H](N)C(=O)Oc1ccccc1C(=O)Nc1ncc([N+](=O)[O-])s1.Cl. The van der Waals surface area contributed by atoms with Crippen molar-refractivity contribution in [2.75, 3.05) is 5.32 Å². The molecule has 0 aliphatic carbocycles. The Morgan fingerprint density at radius 2 is 2.07 bits per heavy atom. The maximum absolute atomic E-state index is 12.4. The molecule has 27 heavy (non-hydrogen) atoms. The van der Waals surface area contributed by atoms with Crippen LogP contribution in [-0.2, 0) is 4.79 Å². The molecule has 1 aromatic heterocycles. The summed E-state index contributed by atoms with van der Waals surface area (Å²) in [7, 11) is 0. The number of rotatable bonds is 7.